The first kappa shape index (κ1) is 16.2. The summed E-state index contributed by atoms with van der Waals surface area (Å²) in [7, 11) is 1.53. The van der Waals surface area contributed by atoms with Gasteiger partial charge in [-0.05, 0) is 12.3 Å². The van der Waals surface area contributed by atoms with Gasteiger partial charge < -0.3 is 15.3 Å². The monoisotopic (exact) mass is 255 g/mol. The Bertz CT molecular complexity index is 355. The lowest BCUT2D eigenvalue weighted by Crippen LogP contribution is -2.53. The number of nitrogens with zero attached hydrogens (tertiary/aromatic N) is 2. The van der Waals surface area contributed by atoms with Crippen molar-refractivity contribution in [2.45, 2.75) is 33.7 Å². The molecule has 0 saturated heterocycles. The Morgan fingerprint density at radius 2 is 1.94 bits per heavy atom. The molecule has 6 nitrogen and oxygen atoms in total. The predicted octanol–water partition coefficient (Wildman–Crippen LogP) is 1.29. The SMILES string of the molecule is CC(C#N)CN(C)C(=O)N[C@@H](C(=O)O)C(C)(C)C. The molecule has 6 heteroatoms. The number of rotatable bonds is 4. The van der Waals surface area contributed by atoms with Crippen LogP contribution in [0.1, 0.15) is 27.7 Å². The minimum Gasteiger partial charge on any atom is -0.480 e. The van der Waals surface area contributed by atoms with Gasteiger partial charge in [-0.3, -0.25) is 0 Å². The van der Waals surface area contributed by atoms with E-state index in [1.165, 1.54) is 11.9 Å². The van der Waals surface area contributed by atoms with E-state index in [2.05, 4.69) is 5.32 Å². The molecule has 0 heterocycles. The largest absolute Gasteiger partial charge is 0.480 e. The number of nitrogens with one attached hydrogen (secondary N) is 1. The van der Waals surface area contributed by atoms with E-state index in [1.54, 1.807) is 27.7 Å². The van der Waals surface area contributed by atoms with Crippen LogP contribution in [0, 0.1) is 22.7 Å². The third-order valence-electron chi connectivity index (χ3n) is 2.50. The van der Waals surface area contributed by atoms with Gasteiger partial charge in [0, 0.05) is 13.6 Å². The molecule has 2 N–H and O–H groups in total. The lowest BCUT2D eigenvalue weighted by Gasteiger charge is -2.30. The zero-order valence-corrected chi connectivity index (χ0v) is 11.5. The summed E-state index contributed by atoms with van der Waals surface area (Å²) in [6, 6.07) is 0.565. The molecule has 0 aliphatic carbocycles. The molecule has 1 unspecified atom stereocenters. The highest BCUT2D eigenvalue weighted by molar-refractivity contribution is 5.83. The number of aliphatic carboxylic acids is 1. The fraction of sp³-hybridized carbons (Fsp3) is 0.750. The maximum Gasteiger partial charge on any atom is 0.326 e. The molecule has 0 spiro atoms. The average molecular weight is 255 g/mol. The number of hydrogen-bond donors (Lipinski definition) is 2. The normalized spacial score (nSPS) is 14.2. The highest BCUT2D eigenvalue weighted by Crippen LogP contribution is 2.19. The topological polar surface area (TPSA) is 93.4 Å². The summed E-state index contributed by atoms with van der Waals surface area (Å²) in [5.74, 6) is -1.36. The molecule has 0 aliphatic heterocycles. The lowest BCUT2D eigenvalue weighted by atomic mass is 9.87. The molecule has 0 fully saturated rings. The molecule has 0 radical (unpaired) electrons. The van der Waals surface area contributed by atoms with E-state index in [1.807, 2.05) is 6.07 Å². The quantitative estimate of drug-likeness (QED) is 0.791. The van der Waals surface area contributed by atoms with Gasteiger partial charge >= 0.3 is 12.0 Å². The highest BCUT2D eigenvalue weighted by Gasteiger charge is 2.33. The van der Waals surface area contributed by atoms with E-state index in [9.17, 15) is 9.59 Å². The first-order valence-corrected chi connectivity index (χ1v) is 5.73. The van der Waals surface area contributed by atoms with Gasteiger partial charge in [0.25, 0.3) is 0 Å². The van der Waals surface area contributed by atoms with Gasteiger partial charge in [-0.1, -0.05) is 20.8 Å². The van der Waals surface area contributed by atoms with E-state index in [0.29, 0.717) is 0 Å². The minimum atomic E-state index is -1.07. The molecule has 18 heavy (non-hydrogen) atoms. The summed E-state index contributed by atoms with van der Waals surface area (Å²) in [6.07, 6.45) is 0. The maximum absolute atomic E-state index is 11.8. The first-order valence-electron chi connectivity index (χ1n) is 5.73. The number of urea groups is 1. The van der Waals surface area contributed by atoms with Crippen molar-refractivity contribution in [3.05, 3.63) is 0 Å². The summed E-state index contributed by atoms with van der Waals surface area (Å²) < 4.78 is 0. The van der Waals surface area contributed by atoms with Crippen LogP contribution in [0.2, 0.25) is 0 Å². The number of nitriles is 1. The molecule has 2 atom stereocenters. The van der Waals surface area contributed by atoms with Gasteiger partial charge in [0.2, 0.25) is 0 Å². The molecule has 0 saturated carbocycles. The Kier molecular flexibility index (Phi) is 5.63. The molecular weight excluding hydrogens is 234 g/mol. The molecule has 2 amide bonds. The Labute approximate surface area is 108 Å². The number of carbonyl (C=O) groups is 2. The molecule has 0 aromatic carbocycles. The van der Waals surface area contributed by atoms with Crippen molar-refractivity contribution in [2.75, 3.05) is 13.6 Å². The summed E-state index contributed by atoms with van der Waals surface area (Å²) in [4.78, 5) is 24.2. The average Bonchev–Trinajstić information content (AvgIpc) is 2.22. The third kappa shape index (κ3) is 5.04. The smallest absolute Gasteiger partial charge is 0.326 e. The van der Waals surface area contributed by atoms with E-state index in [4.69, 9.17) is 10.4 Å². The first-order chi connectivity index (χ1) is 8.09. The van der Waals surface area contributed by atoms with Crippen molar-refractivity contribution in [3.63, 3.8) is 0 Å². The maximum atomic E-state index is 11.8. The summed E-state index contributed by atoms with van der Waals surface area (Å²) in [6.45, 7) is 7.18. The van der Waals surface area contributed by atoms with Crippen molar-refractivity contribution in [2.24, 2.45) is 11.3 Å². The Morgan fingerprint density at radius 3 is 2.28 bits per heavy atom. The second kappa shape index (κ2) is 6.24. The van der Waals surface area contributed by atoms with Gasteiger partial charge in [-0.15, -0.1) is 0 Å². The zero-order chi connectivity index (χ0) is 14.5. The molecule has 0 rings (SSSR count). The van der Waals surface area contributed by atoms with Crippen molar-refractivity contribution in [1.82, 2.24) is 10.2 Å². The van der Waals surface area contributed by atoms with Crippen LogP contribution in [0.5, 0.6) is 0 Å². The Morgan fingerprint density at radius 1 is 1.44 bits per heavy atom. The van der Waals surface area contributed by atoms with Crippen molar-refractivity contribution in [3.8, 4) is 6.07 Å². The van der Waals surface area contributed by atoms with Crippen LogP contribution >= 0.6 is 0 Å². The van der Waals surface area contributed by atoms with Crippen LogP contribution in [0.3, 0.4) is 0 Å². The van der Waals surface area contributed by atoms with Gasteiger partial charge in [-0.25, -0.2) is 9.59 Å². The number of amides is 2. The van der Waals surface area contributed by atoms with E-state index < -0.39 is 23.5 Å². The van der Waals surface area contributed by atoms with Crippen LogP contribution in [-0.4, -0.2) is 41.6 Å². The zero-order valence-electron chi connectivity index (χ0n) is 11.5. The third-order valence-corrected chi connectivity index (χ3v) is 2.50. The van der Waals surface area contributed by atoms with Gasteiger partial charge in [-0.2, -0.15) is 5.26 Å². The van der Waals surface area contributed by atoms with Crippen molar-refractivity contribution >= 4 is 12.0 Å². The summed E-state index contributed by atoms with van der Waals surface area (Å²) in [5, 5.41) is 20.2. The van der Waals surface area contributed by atoms with Crippen LogP contribution < -0.4 is 5.32 Å². The lowest BCUT2D eigenvalue weighted by molar-refractivity contribution is -0.142. The molecule has 0 aromatic heterocycles. The second-order valence-electron chi connectivity index (χ2n) is 5.50. The number of hydrogen-bond acceptors (Lipinski definition) is 3. The number of carboxylic acids is 1. The molecule has 0 aliphatic rings. The fourth-order valence-corrected chi connectivity index (χ4v) is 1.42. The Hall–Kier alpha value is -1.77. The van der Waals surface area contributed by atoms with Gasteiger partial charge in [0.1, 0.15) is 6.04 Å². The van der Waals surface area contributed by atoms with Crippen LogP contribution in [-0.2, 0) is 4.79 Å². The molecule has 0 aromatic rings. The molecule has 0 bridgehead atoms. The van der Waals surface area contributed by atoms with E-state index in [-0.39, 0.29) is 12.5 Å². The highest BCUT2D eigenvalue weighted by atomic mass is 16.4. The van der Waals surface area contributed by atoms with Gasteiger partial charge in [0.05, 0.1) is 12.0 Å². The van der Waals surface area contributed by atoms with Crippen molar-refractivity contribution in [1.29, 1.82) is 5.26 Å². The standard InChI is InChI=1S/C12H21N3O3/c1-8(6-13)7-15(5)11(18)14-9(10(16)17)12(2,3)4/h8-9H,7H2,1-5H3,(H,14,18)(H,16,17)/t8?,9-/m0/s1. The van der Waals surface area contributed by atoms with Crippen LogP contribution in [0.15, 0.2) is 0 Å². The second-order valence-corrected chi connectivity index (χ2v) is 5.50. The van der Waals surface area contributed by atoms with Gasteiger partial charge in [0.15, 0.2) is 0 Å². The van der Waals surface area contributed by atoms with E-state index in [0.717, 1.165) is 0 Å². The predicted molar refractivity (Wildman–Crippen MR) is 66.8 cm³/mol. The number of carboxylic acid groups (broad SMARTS) is 1. The number of carbonyl (C=O) groups excluding carboxylic acids is 1. The Balaban J connectivity index is 4.63. The molecule has 102 valence electrons. The van der Waals surface area contributed by atoms with E-state index >= 15 is 0 Å². The minimum absolute atomic E-state index is 0.263. The van der Waals surface area contributed by atoms with Crippen LogP contribution in [0.4, 0.5) is 4.79 Å². The summed E-state index contributed by atoms with van der Waals surface area (Å²) in [5.41, 5.74) is -0.580. The summed E-state index contributed by atoms with van der Waals surface area (Å²) >= 11 is 0. The van der Waals surface area contributed by atoms with Crippen LogP contribution in [0.25, 0.3) is 0 Å². The molecular formula is C12H21N3O3. The fourth-order valence-electron chi connectivity index (χ4n) is 1.42. The van der Waals surface area contributed by atoms with Crippen molar-refractivity contribution < 1.29 is 14.7 Å².